The van der Waals surface area contributed by atoms with Gasteiger partial charge in [-0.1, -0.05) is 20.8 Å². The molecular formula is C20H29NO4. The van der Waals surface area contributed by atoms with Crippen molar-refractivity contribution in [3.63, 3.8) is 0 Å². The molecule has 0 spiro atoms. The molecule has 0 amide bonds. The fourth-order valence-corrected chi connectivity index (χ4v) is 7.19. The van der Waals surface area contributed by atoms with Crippen LogP contribution in [-0.2, 0) is 4.79 Å². The number of carbonyl (C=O) groups excluding carboxylic acids is 1. The second-order valence-electron chi connectivity index (χ2n) is 9.53. The largest absolute Gasteiger partial charge is 0.393 e. The Kier molecular flexibility index (Phi) is 3.70. The molecule has 4 rings (SSSR count). The summed E-state index contributed by atoms with van der Waals surface area (Å²) in [7, 11) is 0. The highest BCUT2D eigenvalue weighted by Crippen LogP contribution is 2.67. The van der Waals surface area contributed by atoms with Crippen LogP contribution in [0.15, 0.2) is 11.3 Å². The minimum absolute atomic E-state index is 0.00340. The van der Waals surface area contributed by atoms with Crippen LogP contribution in [0.5, 0.6) is 0 Å². The predicted molar refractivity (Wildman–Crippen MR) is 93.2 cm³/mol. The van der Waals surface area contributed by atoms with Gasteiger partial charge in [0.1, 0.15) is 0 Å². The van der Waals surface area contributed by atoms with Gasteiger partial charge in [-0.25, -0.2) is 0 Å². The number of aliphatic hydroxyl groups excluding tert-OH is 1. The van der Waals surface area contributed by atoms with Crippen LogP contribution in [-0.4, -0.2) is 21.9 Å². The molecule has 4 aliphatic rings. The van der Waals surface area contributed by atoms with Crippen molar-refractivity contribution >= 4 is 5.78 Å². The van der Waals surface area contributed by atoms with Crippen molar-refractivity contribution in [1.29, 1.82) is 0 Å². The number of allylic oxidation sites excluding steroid dienone is 1. The maximum absolute atomic E-state index is 12.2. The van der Waals surface area contributed by atoms with E-state index in [4.69, 9.17) is 0 Å². The highest BCUT2D eigenvalue weighted by Gasteiger charge is 2.62. The predicted octanol–water partition coefficient (Wildman–Crippen LogP) is 3.73. The van der Waals surface area contributed by atoms with Crippen molar-refractivity contribution in [2.45, 2.75) is 71.8 Å². The van der Waals surface area contributed by atoms with E-state index < -0.39 is 4.92 Å². The second-order valence-corrected chi connectivity index (χ2v) is 9.53. The Hall–Kier alpha value is -1.23. The fourth-order valence-electron chi connectivity index (χ4n) is 7.19. The quantitative estimate of drug-likeness (QED) is 0.579. The maximum atomic E-state index is 12.2. The number of fused-ring (bicyclic) bond motifs is 5. The molecule has 0 aromatic carbocycles. The lowest BCUT2D eigenvalue weighted by atomic mass is 9.45. The molecule has 5 nitrogen and oxygen atoms in total. The topological polar surface area (TPSA) is 80.4 Å². The summed E-state index contributed by atoms with van der Waals surface area (Å²) in [4.78, 5) is 23.4. The van der Waals surface area contributed by atoms with E-state index in [2.05, 4.69) is 20.8 Å². The molecule has 3 saturated carbocycles. The van der Waals surface area contributed by atoms with E-state index >= 15 is 0 Å². The number of Topliss-reactive ketones (excluding diaryl/α,β-unsaturated/α-hetero) is 1. The molecular weight excluding hydrogens is 318 g/mol. The highest BCUT2D eigenvalue weighted by molar-refractivity contribution is 5.95. The summed E-state index contributed by atoms with van der Waals surface area (Å²) in [6.45, 7) is 6.63. The first-order valence-corrected chi connectivity index (χ1v) is 9.79. The first kappa shape index (κ1) is 17.2. The summed E-state index contributed by atoms with van der Waals surface area (Å²) < 4.78 is 0. The Morgan fingerprint density at radius 2 is 1.88 bits per heavy atom. The van der Waals surface area contributed by atoms with Gasteiger partial charge in [-0.3, -0.25) is 14.9 Å². The smallest absolute Gasteiger partial charge is 0.311 e. The molecule has 0 saturated heterocycles. The summed E-state index contributed by atoms with van der Waals surface area (Å²) in [6, 6.07) is 0. The first-order chi connectivity index (χ1) is 11.7. The van der Waals surface area contributed by atoms with Crippen LogP contribution in [0.2, 0.25) is 0 Å². The molecule has 0 radical (unpaired) electrons. The van der Waals surface area contributed by atoms with E-state index in [1.165, 1.54) is 0 Å². The number of nitrogens with zero attached hydrogens (tertiary/aromatic N) is 1. The van der Waals surface area contributed by atoms with Crippen LogP contribution >= 0.6 is 0 Å². The lowest BCUT2D eigenvalue weighted by Gasteiger charge is -2.59. The van der Waals surface area contributed by atoms with E-state index in [-0.39, 0.29) is 28.4 Å². The van der Waals surface area contributed by atoms with Gasteiger partial charge in [0.05, 0.1) is 11.0 Å². The van der Waals surface area contributed by atoms with Gasteiger partial charge in [0.25, 0.3) is 0 Å². The Morgan fingerprint density at radius 1 is 1.16 bits per heavy atom. The second kappa shape index (κ2) is 5.38. The lowest BCUT2D eigenvalue weighted by Crippen LogP contribution is -2.54. The summed E-state index contributed by atoms with van der Waals surface area (Å²) >= 11 is 0. The SMILES string of the molecule is CC1CC2=C([N+](=O)[O-])C(=O)CC[C@]2(C)[C@@H]2CC[C@]3(C)C(O)CC[C@H]3[C@H]12. The molecule has 3 fully saturated rings. The normalized spacial score (nSPS) is 49.4. The molecule has 7 atom stereocenters. The molecule has 2 unspecified atom stereocenters. The first-order valence-electron chi connectivity index (χ1n) is 9.79. The van der Waals surface area contributed by atoms with Crippen LogP contribution in [0.4, 0.5) is 0 Å². The Balaban J connectivity index is 1.80. The number of rotatable bonds is 1. The zero-order chi connectivity index (χ0) is 18.1. The zero-order valence-electron chi connectivity index (χ0n) is 15.5. The van der Waals surface area contributed by atoms with Gasteiger partial charge in [0.15, 0.2) is 0 Å². The maximum Gasteiger partial charge on any atom is 0.311 e. The van der Waals surface area contributed by atoms with Gasteiger partial charge in [0.2, 0.25) is 5.78 Å². The third-order valence-corrected chi connectivity index (χ3v) is 8.58. The number of carbonyl (C=O) groups is 1. The lowest BCUT2D eigenvalue weighted by molar-refractivity contribution is -0.422. The van der Waals surface area contributed by atoms with E-state index in [1.807, 2.05) is 0 Å². The Bertz CT molecular complexity index is 671. The average Bonchev–Trinajstić information content (AvgIpc) is 2.84. The van der Waals surface area contributed by atoms with Crippen molar-refractivity contribution in [3.8, 4) is 0 Å². The van der Waals surface area contributed by atoms with Crippen LogP contribution in [0.3, 0.4) is 0 Å². The molecule has 5 heteroatoms. The minimum Gasteiger partial charge on any atom is -0.393 e. The molecule has 4 aliphatic carbocycles. The van der Waals surface area contributed by atoms with Gasteiger partial charge < -0.3 is 5.11 Å². The van der Waals surface area contributed by atoms with Crippen molar-refractivity contribution < 1.29 is 14.8 Å². The summed E-state index contributed by atoms with van der Waals surface area (Å²) in [5, 5.41) is 22.2. The van der Waals surface area contributed by atoms with Crippen LogP contribution < -0.4 is 0 Å². The molecule has 0 aromatic heterocycles. The monoisotopic (exact) mass is 347 g/mol. The third-order valence-electron chi connectivity index (χ3n) is 8.58. The molecule has 0 bridgehead atoms. The van der Waals surface area contributed by atoms with Gasteiger partial charge >= 0.3 is 5.70 Å². The molecule has 138 valence electrons. The molecule has 0 heterocycles. The average molecular weight is 347 g/mol. The van der Waals surface area contributed by atoms with E-state index in [0.717, 1.165) is 37.7 Å². The van der Waals surface area contributed by atoms with Crippen molar-refractivity contribution in [2.24, 2.45) is 34.5 Å². The van der Waals surface area contributed by atoms with Crippen LogP contribution in [0.1, 0.15) is 65.7 Å². The van der Waals surface area contributed by atoms with Gasteiger partial charge in [0, 0.05) is 12.0 Å². The number of ketones is 1. The Labute approximate surface area is 149 Å². The summed E-state index contributed by atoms with van der Waals surface area (Å²) in [5.41, 5.74) is 0.509. The van der Waals surface area contributed by atoms with Gasteiger partial charge in [-0.15, -0.1) is 0 Å². The van der Waals surface area contributed by atoms with Crippen molar-refractivity contribution in [2.75, 3.05) is 0 Å². The standard InChI is InChI=1S/C20H29NO4/c1-11-10-14-18(21(24)25)15(22)7-9-19(14,2)13-6-8-20(3)12(17(11)13)4-5-16(20)23/h11-13,16-17,23H,4-10H2,1-3H3/t11?,12-,13+,16?,17-,19+,20-/m0/s1. The minimum atomic E-state index is -0.422. The third kappa shape index (κ3) is 2.14. The molecule has 0 aromatic rings. The van der Waals surface area contributed by atoms with Gasteiger partial charge in [-0.05, 0) is 73.0 Å². The highest BCUT2D eigenvalue weighted by atomic mass is 16.6. The van der Waals surface area contributed by atoms with E-state index in [9.17, 15) is 20.0 Å². The summed E-state index contributed by atoms with van der Waals surface area (Å²) in [6.07, 6.45) is 5.47. The molecule has 25 heavy (non-hydrogen) atoms. The fraction of sp³-hybridized carbons (Fsp3) is 0.850. The van der Waals surface area contributed by atoms with E-state index in [1.54, 1.807) is 0 Å². The summed E-state index contributed by atoms with van der Waals surface area (Å²) in [5.74, 6) is 1.47. The number of aliphatic hydroxyl groups is 1. The number of nitro groups is 1. The van der Waals surface area contributed by atoms with Crippen molar-refractivity contribution in [1.82, 2.24) is 0 Å². The van der Waals surface area contributed by atoms with Crippen LogP contribution in [0, 0.1) is 44.6 Å². The Morgan fingerprint density at radius 3 is 2.56 bits per heavy atom. The van der Waals surface area contributed by atoms with E-state index in [0.29, 0.717) is 36.5 Å². The van der Waals surface area contributed by atoms with Crippen molar-refractivity contribution in [3.05, 3.63) is 21.4 Å². The number of hydrogen-bond acceptors (Lipinski definition) is 4. The number of hydrogen-bond donors (Lipinski definition) is 1. The zero-order valence-corrected chi connectivity index (χ0v) is 15.5. The van der Waals surface area contributed by atoms with Crippen LogP contribution in [0.25, 0.3) is 0 Å². The molecule has 1 N–H and O–H groups in total. The molecule has 0 aliphatic heterocycles. The van der Waals surface area contributed by atoms with Gasteiger partial charge in [-0.2, -0.15) is 0 Å².